The fraction of sp³-hybridized carbons (Fsp3) is 0.720. The van der Waals surface area contributed by atoms with Gasteiger partial charge in [-0.25, -0.2) is 0 Å². The Kier molecular flexibility index (Phi) is 13.8. The van der Waals surface area contributed by atoms with Crippen LogP contribution in [0.5, 0.6) is 0 Å². The average Bonchev–Trinajstić information content (AvgIpc) is 2.80. The van der Waals surface area contributed by atoms with Crippen molar-refractivity contribution in [3.63, 3.8) is 0 Å². The van der Waals surface area contributed by atoms with E-state index < -0.39 is 48.6 Å². The predicted molar refractivity (Wildman–Crippen MR) is 126 cm³/mol. The molecule has 0 amide bonds. The molecule has 1 aliphatic rings. The molecule has 10 nitrogen and oxygen atoms in total. The quantitative estimate of drug-likeness (QED) is 0.207. The Hall–Kier alpha value is -2.27. The van der Waals surface area contributed by atoms with Gasteiger partial charge in [0.1, 0.15) is 31.5 Å². The third-order valence-electron chi connectivity index (χ3n) is 5.59. The van der Waals surface area contributed by atoms with Crippen LogP contribution in [0.2, 0.25) is 0 Å². The Morgan fingerprint density at radius 2 is 1.71 bits per heavy atom. The number of aliphatic hydroxyl groups excluding tert-OH is 2. The molecule has 0 saturated carbocycles. The minimum Gasteiger partial charge on any atom is -0.463 e. The summed E-state index contributed by atoms with van der Waals surface area (Å²) in [7, 11) is 0. The predicted octanol–water partition coefficient (Wildman–Crippen LogP) is 2.21. The summed E-state index contributed by atoms with van der Waals surface area (Å²) < 4.78 is 26.6. The summed E-state index contributed by atoms with van der Waals surface area (Å²) in [6.07, 6.45) is -1.99. The lowest BCUT2D eigenvalue weighted by Gasteiger charge is -2.41. The molecule has 0 aliphatic carbocycles. The zero-order valence-electron chi connectivity index (χ0n) is 21.4. The van der Waals surface area contributed by atoms with E-state index in [1.807, 2.05) is 19.9 Å². The average molecular weight is 501 g/mol. The number of esters is 3. The van der Waals surface area contributed by atoms with E-state index in [2.05, 4.69) is 6.58 Å². The summed E-state index contributed by atoms with van der Waals surface area (Å²) in [5.41, 5.74) is 1.85. The minimum atomic E-state index is -1.44. The number of carbonyl (C=O) groups is 3. The SMILES string of the molecule is C=C(CC/C=C(/C)COC(C)=O)CCO[C@@H]1O[C@H](COC(C)=O)[C@@H](O)[C@H](OC(=O)C(C)CC)[C@H]1O. The van der Waals surface area contributed by atoms with Crippen LogP contribution in [0.3, 0.4) is 0 Å². The highest BCUT2D eigenvalue weighted by atomic mass is 16.7. The third kappa shape index (κ3) is 11.3. The van der Waals surface area contributed by atoms with Crippen molar-refractivity contribution >= 4 is 17.9 Å². The Morgan fingerprint density at radius 3 is 2.31 bits per heavy atom. The van der Waals surface area contributed by atoms with Crippen LogP contribution in [-0.4, -0.2) is 78.6 Å². The van der Waals surface area contributed by atoms with Gasteiger partial charge in [-0.15, -0.1) is 0 Å². The van der Waals surface area contributed by atoms with Crippen molar-refractivity contribution in [2.24, 2.45) is 5.92 Å². The number of carbonyl (C=O) groups excluding carboxylic acids is 3. The van der Waals surface area contributed by atoms with E-state index in [0.717, 1.165) is 17.6 Å². The molecule has 0 radical (unpaired) electrons. The highest BCUT2D eigenvalue weighted by Gasteiger charge is 2.48. The van der Waals surface area contributed by atoms with Gasteiger partial charge in [-0.1, -0.05) is 32.1 Å². The molecule has 1 aliphatic heterocycles. The molecule has 0 aromatic heterocycles. The third-order valence-corrected chi connectivity index (χ3v) is 5.59. The van der Waals surface area contributed by atoms with Crippen molar-refractivity contribution in [3.05, 3.63) is 23.8 Å². The molecule has 35 heavy (non-hydrogen) atoms. The first-order valence-corrected chi connectivity index (χ1v) is 11.9. The van der Waals surface area contributed by atoms with Crippen molar-refractivity contribution in [3.8, 4) is 0 Å². The van der Waals surface area contributed by atoms with Crippen LogP contribution in [0.1, 0.15) is 60.3 Å². The van der Waals surface area contributed by atoms with E-state index in [9.17, 15) is 24.6 Å². The molecule has 6 atom stereocenters. The molecule has 1 heterocycles. The topological polar surface area (TPSA) is 138 Å². The van der Waals surface area contributed by atoms with Gasteiger partial charge in [0, 0.05) is 13.8 Å². The van der Waals surface area contributed by atoms with Crippen LogP contribution < -0.4 is 0 Å². The van der Waals surface area contributed by atoms with Crippen molar-refractivity contribution < 1.29 is 48.3 Å². The van der Waals surface area contributed by atoms with Crippen LogP contribution in [-0.2, 0) is 38.1 Å². The van der Waals surface area contributed by atoms with Gasteiger partial charge in [0.05, 0.1) is 12.5 Å². The molecule has 200 valence electrons. The summed E-state index contributed by atoms with van der Waals surface area (Å²) in [6.45, 7) is 12.1. The summed E-state index contributed by atoms with van der Waals surface area (Å²) in [5, 5.41) is 21.3. The Labute approximate surface area is 207 Å². The monoisotopic (exact) mass is 500 g/mol. The summed E-state index contributed by atoms with van der Waals surface area (Å²) in [4.78, 5) is 34.4. The van der Waals surface area contributed by atoms with Gasteiger partial charge in [-0.2, -0.15) is 0 Å². The molecule has 2 N–H and O–H groups in total. The van der Waals surface area contributed by atoms with Crippen LogP contribution in [0.4, 0.5) is 0 Å². The molecule has 10 heteroatoms. The van der Waals surface area contributed by atoms with Gasteiger partial charge in [-0.3, -0.25) is 14.4 Å². The summed E-state index contributed by atoms with van der Waals surface area (Å²) in [5.74, 6) is -1.87. The van der Waals surface area contributed by atoms with Gasteiger partial charge in [0.25, 0.3) is 0 Å². The maximum absolute atomic E-state index is 12.3. The first-order valence-electron chi connectivity index (χ1n) is 11.9. The highest BCUT2D eigenvalue weighted by Crippen LogP contribution is 2.26. The maximum Gasteiger partial charge on any atom is 0.309 e. The minimum absolute atomic E-state index is 0.166. The Bertz CT molecular complexity index is 747. The normalized spacial score (nSPS) is 25.5. The number of ether oxygens (including phenoxy) is 5. The molecule has 1 fully saturated rings. The number of aliphatic hydroxyl groups is 2. The molecule has 1 unspecified atom stereocenters. The Balaban J connectivity index is 2.66. The molecular formula is C25H40O10. The zero-order valence-corrected chi connectivity index (χ0v) is 21.4. The molecule has 1 saturated heterocycles. The first kappa shape index (κ1) is 30.8. The van der Waals surface area contributed by atoms with Crippen molar-refractivity contribution in [2.45, 2.75) is 91.0 Å². The first-order chi connectivity index (χ1) is 16.5. The van der Waals surface area contributed by atoms with Gasteiger partial charge in [0.15, 0.2) is 12.4 Å². The molecule has 0 spiro atoms. The molecule has 1 rings (SSSR count). The van der Waals surface area contributed by atoms with Crippen molar-refractivity contribution in [1.29, 1.82) is 0 Å². The van der Waals surface area contributed by atoms with E-state index in [-0.39, 0.29) is 25.8 Å². The van der Waals surface area contributed by atoms with E-state index in [1.165, 1.54) is 13.8 Å². The maximum atomic E-state index is 12.3. The number of hydrogen-bond donors (Lipinski definition) is 2. The highest BCUT2D eigenvalue weighted by molar-refractivity contribution is 5.72. The summed E-state index contributed by atoms with van der Waals surface area (Å²) in [6, 6.07) is 0. The number of rotatable bonds is 14. The van der Waals surface area contributed by atoms with Crippen LogP contribution in [0.25, 0.3) is 0 Å². The fourth-order valence-electron chi connectivity index (χ4n) is 3.17. The lowest BCUT2D eigenvalue weighted by Crippen LogP contribution is -2.61. The van der Waals surface area contributed by atoms with Gasteiger partial charge < -0.3 is 33.9 Å². The van der Waals surface area contributed by atoms with E-state index in [4.69, 9.17) is 23.7 Å². The summed E-state index contributed by atoms with van der Waals surface area (Å²) >= 11 is 0. The second-order valence-electron chi connectivity index (χ2n) is 8.78. The molecule has 0 aromatic carbocycles. The second-order valence-corrected chi connectivity index (χ2v) is 8.78. The van der Waals surface area contributed by atoms with E-state index in [0.29, 0.717) is 19.3 Å². The second kappa shape index (κ2) is 15.7. The van der Waals surface area contributed by atoms with Gasteiger partial charge in [0.2, 0.25) is 0 Å². The number of hydrogen-bond acceptors (Lipinski definition) is 10. The van der Waals surface area contributed by atoms with Gasteiger partial charge >= 0.3 is 17.9 Å². The molecular weight excluding hydrogens is 460 g/mol. The van der Waals surface area contributed by atoms with Crippen LogP contribution >= 0.6 is 0 Å². The van der Waals surface area contributed by atoms with Crippen LogP contribution in [0.15, 0.2) is 23.8 Å². The van der Waals surface area contributed by atoms with Crippen LogP contribution in [0, 0.1) is 5.92 Å². The largest absolute Gasteiger partial charge is 0.463 e. The Morgan fingerprint density at radius 1 is 1.06 bits per heavy atom. The van der Waals surface area contributed by atoms with Crippen molar-refractivity contribution in [2.75, 3.05) is 19.8 Å². The standard InChI is InChI=1S/C25H40O10/c1-7-17(4)24(30)35-23-21(28)20(14-33-19(6)27)34-25(22(23)29)31-12-11-15(2)9-8-10-16(3)13-32-18(5)26/h10,17,20-23,25,28-29H,2,7-9,11-14H2,1,3-6H3/b16-10-/t17?,20-,21-,22-,23+,25-/m1/s1. The van der Waals surface area contributed by atoms with Gasteiger partial charge in [-0.05, 0) is 38.2 Å². The smallest absolute Gasteiger partial charge is 0.309 e. The van der Waals surface area contributed by atoms with E-state index >= 15 is 0 Å². The lowest BCUT2D eigenvalue weighted by atomic mass is 9.98. The zero-order chi connectivity index (χ0) is 26.5. The molecule has 0 aromatic rings. The lowest BCUT2D eigenvalue weighted by molar-refractivity contribution is -0.304. The fourth-order valence-corrected chi connectivity index (χ4v) is 3.17. The molecule has 0 bridgehead atoms. The van der Waals surface area contributed by atoms with E-state index in [1.54, 1.807) is 6.92 Å². The van der Waals surface area contributed by atoms with Crippen molar-refractivity contribution in [1.82, 2.24) is 0 Å². The number of allylic oxidation sites excluding steroid dienone is 1.